The number of aliphatic hydroxyl groups excluding tert-OH is 1. The number of hydrogen-bond donors (Lipinski definition) is 1. The van der Waals surface area contributed by atoms with E-state index in [1.807, 2.05) is 6.07 Å². The Hall–Kier alpha value is -2.41. The summed E-state index contributed by atoms with van der Waals surface area (Å²) in [6.45, 7) is 0.384. The average Bonchev–Trinajstić information content (AvgIpc) is 2.53. The molecule has 0 saturated carbocycles. The zero-order valence-corrected chi connectivity index (χ0v) is 11.2. The van der Waals surface area contributed by atoms with E-state index < -0.39 is 17.8 Å². The summed E-state index contributed by atoms with van der Waals surface area (Å²) in [6, 6.07) is 5.66. The van der Waals surface area contributed by atoms with Crippen LogP contribution in [0.3, 0.4) is 0 Å². The van der Waals surface area contributed by atoms with E-state index in [0.717, 1.165) is 6.07 Å². The Morgan fingerprint density at radius 2 is 2.38 bits per heavy atom. The van der Waals surface area contributed by atoms with E-state index >= 15 is 0 Å². The van der Waals surface area contributed by atoms with Gasteiger partial charge in [0.2, 0.25) is 0 Å². The van der Waals surface area contributed by atoms with Gasteiger partial charge in [0.25, 0.3) is 5.91 Å². The Morgan fingerprint density at radius 1 is 1.57 bits per heavy atom. The molecule has 0 aliphatic carbocycles. The molecule has 5 nitrogen and oxygen atoms in total. The smallest absolute Gasteiger partial charge is 0.255 e. The van der Waals surface area contributed by atoms with Gasteiger partial charge in [-0.05, 0) is 18.2 Å². The molecule has 1 atom stereocenters. The summed E-state index contributed by atoms with van der Waals surface area (Å²) in [5, 5.41) is 17.6. The van der Waals surface area contributed by atoms with Gasteiger partial charge in [-0.2, -0.15) is 5.26 Å². The molecule has 0 radical (unpaired) electrons. The first-order valence-electron chi connectivity index (χ1n) is 6.35. The van der Waals surface area contributed by atoms with Gasteiger partial charge in [-0.25, -0.2) is 4.39 Å². The van der Waals surface area contributed by atoms with E-state index in [2.05, 4.69) is 11.8 Å². The molecule has 1 N–H and O–H groups in total. The van der Waals surface area contributed by atoms with Crippen LogP contribution >= 0.6 is 0 Å². The maximum absolute atomic E-state index is 13.4. The van der Waals surface area contributed by atoms with Gasteiger partial charge in [0.05, 0.1) is 24.8 Å². The Labute approximate surface area is 121 Å². The van der Waals surface area contributed by atoms with Crippen molar-refractivity contribution in [1.29, 1.82) is 5.26 Å². The fourth-order valence-electron chi connectivity index (χ4n) is 2.02. The lowest BCUT2D eigenvalue weighted by Crippen LogP contribution is -2.45. The molecule has 1 saturated heterocycles. The third-order valence-electron chi connectivity index (χ3n) is 3.01. The molecule has 1 aliphatic heterocycles. The van der Waals surface area contributed by atoms with Gasteiger partial charge < -0.3 is 14.7 Å². The fraction of sp³-hybridized carbons (Fsp3) is 0.333. The molecular weight excluding hydrogens is 275 g/mol. The first kappa shape index (κ1) is 15.0. The third kappa shape index (κ3) is 3.57. The highest BCUT2D eigenvalue weighted by Gasteiger charge is 2.26. The standard InChI is InChI=1S/C15H13FN2O3/c16-12-4-3-11(2-1-6-19)14(8-12)15(20)18-5-7-21-13(9-17)10-18/h3-4,8,13,19H,5-7,10H2. The number of hydrogen-bond acceptors (Lipinski definition) is 4. The first-order chi connectivity index (χ1) is 10.2. The molecule has 1 amide bonds. The molecule has 21 heavy (non-hydrogen) atoms. The van der Waals surface area contributed by atoms with E-state index in [1.54, 1.807) is 0 Å². The molecule has 0 spiro atoms. The number of halogens is 1. The van der Waals surface area contributed by atoms with Crippen molar-refractivity contribution in [2.45, 2.75) is 6.10 Å². The number of morpholine rings is 1. The van der Waals surface area contributed by atoms with E-state index in [4.69, 9.17) is 15.1 Å². The second kappa shape index (κ2) is 6.85. The minimum atomic E-state index is -0.678. The fourth-order valence-corrected chi connectivity index (χ4v) is 2.02. The predicted octanol–water partition coefficient (Wildman–Crippen LogP) is 0.534. The van der Waals surface area contributed by atoms with E-state index in [-0.39, 0.29) is 25.3 Å². The highest BCUT2D eigenvalue weighted by Crippen LogP contribution is 2.15. The first-order valence-corrected chi connectivity index (χ1v) is 6.35. The third-order valence-corrected chi connectivity index (χ3v) is 3.01. The van der Waals surface area contributed by atoms with Crippen LogP contribution in [0.25, 0.3) is 0 Å². The maximum Gasteiger partial charge on any atom is 0.255 e. The van der Waals surface area contributed by atoms with Crippen LogP contribution in [0.15, 0.2) is 18.2 Å². The summed E-state index contributed by atoms with van der Waals surface area (Å²) in [4.78, 5) is 13.9. The highest BCUT2D eigenvalue weighted by atomic mass is 19.1. The minimum Gasteiger partial charge on any atom is -0.384 e. The van der Waals surface area contributed by atoms with Crippen LogP contribution in [0.2, 0.25) is 0 Å². The topological polar surface area (TPSA) is 73.6 Å². The van der Waals surface area contributed by atoms with Gasteiger partial charge in [0.15, 0.2) is 6.10 Å². The second-order valence-corrected chi connectivity index (χ2v) is 4.39. The van der Waals surface area contributed by atoms with Gasteiger partial charge in [-0.15, -0.1) is 0 Å². The molecule has 6 heteroatoms. The number of carbonyl (C=O) groups is 1. The molecule has 1 aliphatic rings. The SMILES string of the molecule is N#CC1CN(C(=O)c2cc(F)ccc2C#CCO)CCO1. The van der Waals surface area contributed by atoms with E-state index in [1.165, 1.54) is 17.0 Å². The lowest BCUT2D eigenvalue weighted by molar-refractivity contribution is 0.00343. The monoisotopic (exact) mass is 288 g/mol. The van der Waals surface area contributed by atoms with Crippen molar-refractivity contribution in [3.63, 3.8) is 0 Å². The average molecular weight is 288 g/mol. The van der Waals surface area contributed by atoms with Crippen molar-refractivity contribution >= 4 is 5.91 Å². The van der Waals surface area contributed by atoms with Gasteiger partial charge in [-0.3, -0.25) is 4.79 Å². The van der Waals surface area contributed by atoms with E-state index in [9.17, 15) is 9.18 Å². The molecule has 1 heterocycles. The Morgan fingerprint density at radius 3 is 3.10 bits per heavy atom. The summed E-state index contributed by atoms with van der Waals surface area (Å²) in [5.41, 5.74) is 0.463. The molecule has 1 fully saturated rings. The summed E-state index contributed by atoms with van der Waals surface area (Å²) >= 11 is 0. The van der Waals surface area contributed by atoms with Crippen LogP contribution in [0.1, 0.15) is 15.9 Å². The second-order valence-electron chi connectivity index (χ2n) is 4.39. The number of nitriles is 1. The quantitative estimate of drug-likeness (QED) is 0.765. The van der Waals surface area contributed by atoms with Crippen molar-refractivity contribution in [3.8, 4) is 17.9 Å². The summed E-state index contributed by atoms with van der Waals surface area (Å²) in [7, 11) is 0. The van der Waals surface area contributed by atoms with Crippen LogP contribution in [0.4, 0.5) is 4.39 Å². The van der Waals surface area contributed by atoms with Crippen LogP contribution in [0.5, 0.6) is 0 Å². The van der Waals surface area contributed by atoms with Crippen molar-refractivity contribution in [2.24, 2.45) is 0 Å². The normalized spacial score (nSPS) is 17.6. The minimum absolute atomic E-state index is 0.120. The number of ether oxygens (including phenoxy) is 1. The molecule has 1 aromatic carbocycles. The summed E-state index contributed by atoms with van der Waals surface area (Å²) in [6.07, 6.45) is -0.678. The Kier molecular flexibility index (Phi) is 4.89. The van der Waals surface area contributed by atoms with E-state index in [0.29, 0.717) is 12.1 Å². The largest absolute Gasteiger partial charge is 0.384 e. The zero-order chi connectivity index (χ0) is 15.2. The van der Waals surface area contributed by atoms with Crippen molar-refractivity contribution < 1.29 is 19.0 Å². The lowest BCUT2D eigenvalue weighted by Gasteiger charge is -2.30. The van der Waals surface area contributed by atoms with Crippen molar-refractivity contribution in [3.05, 3.63) is 35.1 Å². The Balaban J connectivity index is 2.30. The van der Waals surface area contributed by atoms with Crippen molar-refractivity contribution in [1.82, 2.24) is 4.90 Å². The molecule has 2 rings (SSSR count). The summed E-state index contributed by atoms with van der Waals surface area (Å²) in [5.74, 6) is 4.12. The van der Waals surface area contributed by atoms with Crippen LogP contribution in [0, 0.1) is 29.0 Å². The highest BCUT2D eigenvalue weighted by molar-refractivity contribution is 5.96. The van der Waals surface area contributed by atoms with Crippen molar-refractivity contribution in [2.75, 3.05) is 26.3 Å². The molecule has 1 aromatic rings. The molecule has 0 aromatic heterocycles. The predicted molar refractivity (Wildman–Crippen MR) is 71.6 cm³/mol. The Bertz CT molecular complexity index is 643. The lowest BCUT2D eigenvalue weighted by atomic mass is 10.1. The zero-order valence-electron chi connectivity index (χ0n) is 11.2. The van der Waals surface area contributed by atoms with Crippen LogP contribution < -0.4 is 0 Å². The number of aliphatic hydroxyl groups is 1. The number of rotatable bonds is 1. The number of nitrogens with zero attached hydrogens (tertiary/aromatic N) is 2. The van der Waals surface area contributed by atoms with Crippen LogP contribution in [-0.4, -0.2) is 48.3 Å². The van der Waals surface area contributed by atoms with Gasteiger partial charge in [0.1, 0.15) is 12.4 Å². The maximum atomic E-state index is 13.4. The molecule has 1 unspecified atom stereocenters. The molecule has 108 valence electrons. The molecular formula is C15H13FN2O3. The van der Waals surface area contributed by atoms with Gasteiger partial charge >= 0.3 is 0 Å². The summed E-state index contributed by atoms with van der Waals surface area (Å²) < 4.78 is 18.6. The number of benzene rings is 1. The van der Waals surface area contributed by atoms with Gasteiger partial charge in [0, 0.05) is 12.1 Å². The van der Waals surface area contributed by atoms with Crippen LogP contribution in [-0.2, 0) is 4.74 Å². The number of carbonyl (C=O) groups excluding carboxylic acids is 1. The number of amides is 1. The molecule has 0 bridgehead atoms. The van der Waals surface area contributed by atoms with Gasteiger partial charge in [-0.1, -0.05) is 11.8 Å².